The molecule has 0 radical (unpaired) electrons. The Kier molecular flexibility index (Phi) is 7.27. The summed E-state index contributed by atoms with van der Waals surface area (Å²) in [6.45, 7) is 6.14. The Morgan fingerprint density at radius 3 is 2.09 bits per heavy atom. The summed E-state index contributed by atoms with van der Waals surface area (Å²) in [5, 5.41) is 11.5. The third-order valence-electron chi connectivity index (χ3n) is 5.86. The van der Waals surface area contributed by atoms with Crippen molar-refractivity contribution in [3.05, 3.63) is 59.7 Å². The van der Waals surface area contributed by atoms with Crippen molar-refractivity contribution < 1.29 is 23.8 Å². The molecule has 1 heterocycles. The monoisotopic (exact) mass is 496 g/mol. The van der Waals surface area contributed by atoms with Gasteiger partial charge in [0.2, 0.25) is 0 Å². The van der Waals surface area contributed by atoms with Crippen LogP contribution in [0.5, 0.6) is 0 Å². The molecule has 1 fully saturated rings. The maximum absolute atomic E-state index is 14.0. The molecule has 2 N–H and O–H groups in total. The zero-order valence-corrected chi connectivity index (χ0v) is 20.3. The van der Waals surface area contributed by atoms with Crippen molar-refractivity contribution in [3.63, 3.8) is 0 Å². The van der Waals surface area contributed by atoms with Crippen LogP contribution in [0.15, 0.2) is 48.5 Å². The molecule has 2 amide bonds. The van der Waals surface area contributed by atoms with Crippen LogP contribution in [0.1, 0.15) is 44.9 Å². The summed E-state index contributed by atoms with van der Waals surface area (Å²) in [5.41, 5.74) is 1.64. The minimum atomic E-state index is -1.30. The number of benzene rings is 2. The van der Waals surface area contributed by atoms with Gasteiger partial charge in [0.05, 0.1) is 11.6 Å². The number of ether oxygens (including phenoxy) is 1. The highest BCUT2D eigenvalue weighted by Gasteiger charge is 2.51. The highest BCUT2D eigenvalue weighted by atomic mass is 35.5. The lowest BCUT2D eigenvalue weighted by atomic mass is 9.92. The Bertz CT molecular complexity index is 1010. The van der Waals surface area contributed by atoms with Crippen LogP contribution in [0.3, 0.4) is 0 Å². The normalized spacial score (nSPS) is 20.2. The van der Waals surface area contributed by atoms with Crippen LogP contribution in [-0.4, -0.2) is 45.3 Å². The van der Waals surface area contributed by atoms with Gasteiger partial charge < -0.3 is 20.1 Å². The van der Waals surface area contributed by atoms with Gasteiger partial charge in [-0.25, -0.2) is 9.18 Å². The molecule has 1 aliphatic heterocycles. The predicted molar refractivity (Wildman–Crippen MR) is 126 cm³/mol. The molecule has 33 heavy (non-hydrogen) atoms. The molecule has 0 bridgehead atoms. The van der Waals surface area contributed by atoms with Crippen molar-refractivity contribution in [1.29, 1.82) is 0 Å². The van der Waals surface area contributed by atoms with E-state index in [0.717, 1.165) is 22.3 Å². The van der Waals surface area contributed by atoms with Gasteiger partial charge in [-0.05, 0) is 49.9 Å². The highest BCUT2D eigenvalue weighted by Crippen LogP contribution is 2.42. The molecule has 9 heteroatoms. The van der Waals surface area contributed by atoms with E-state index in [4.69, 9.17) is 33.0 Å². The topological polar surface area (TPSA) is 78.9 Å². The average Bonchev–Trinajstić information content (AvgIpc) is 3.02. The van der Waals surface area contributed by atoms with Crippen LogP contribution in [-0.2, 0) is 15.1 Å². The van der Waals surface area contributed by atoms with Crippen molar-refractivity contribution >= 4 is 35.2 Å². The van der Waals surface area contributed by atoms with Crippen LogP contribution in [0.2, 0.25) is 0 Å². The second-order valence-electron chi connectivity index (χ2n) is 8.97. The Balaban J connectivity index is 1.83. The first-order valence-corrected chi connectivity index (χ1v) is 11.3. The van der Waals surface area contributed by atoms with E-state index >= 15 is 0 Å². The number of hydrogen-bond acceptors (Lipinski definition) is 3. The first-order valence-electron chi connectivity index (χ1n) is 10.4. The zero-order chi connectivity index (χ0) is 24.6. The van der Waals surface area contributed by atoms with E-state index < -0.39 is 46.9 Å². The van der Waals surface area contributed by atoms with Crippen molar-refractivity contribution in [3.8, 4) is 11.1 Å². The quantitative estimate of drug-likeness (QED) is 0.507. The lowest BCUT2D eigenvalue weighted by molar-refractivity contribution is -0.145. The number of halogens is 3. The van der Waals surface area contributed by atoms with Gasteiger partial charge in [0.1, 0.15) is 18.5 Å². The van der Waals surface area contributed by atoms with Crippen LogP contribution < -0.4 is 5.32 Å². The Labute approximate surface area is 202 Å². The summed E-state index contributed by atoms with van der Waals surface area (Å²) in [6.07, 6.45) is -1.75. The van der Waals surface area contributed by atoms with Crippen molar-refractivity contribution in [2.24, 2.45) is 0 Å². The maximum atomic E-state index is 14.0. The molecule has 2 atom stereocenters. The fraction of sp³-hybridized carbons (Fsp3) is 0.417. The molecule has 0 saturated carbocycles. The minimum Gasteiger partial charge on any atom is -0.465 e. The van der Waals surface area contributed by atoms with E-state index in [1.807, 2.05) is 48.5 Å². The van der Waals surface area contributed by atoms with E-state index in [1.54, 1.807) is 27.7 Å². The largest absolute Gasteiger partial charge is 0.465 e. The van der Waals surface area contributed by atoms with Gasteiger partial charge in [-0.3, -0.25) is 4.79 Å². The molecule has 1 saturated heterocycles. The second kappa shape index (κ2) is 9.49. The predicted octanol–water partition coefficient (Wildman–Crippen LogP) is 5.63. The second-order valence-corrected chi connectivity index (χ2v) is 10.1. The molecule has 0 aliphatic carbocycles. The summed E-state index contributed by atoms with van der Waals surface area (Å²) >= 11 is 11.5. The number of carboxylic acid groups (broad SMARTS) is 1. The first-order chi connectivity index (χ1) is 15.4. The Hall–Kier alpha value is -2.35. The molecule has 2 aromatic rings. The van der Waals surface area contributed by atoms with E-state index in [-0.39, 0.29) is 0 Å². The molecular formula is C24H27Cl2FN2O4. The maximum Gasteiger partial charge on any atom is 0.405 e. The van der Waals surface area contributed by atoms with Gasteiger partial charge in [-0.1, -0.05) is 71.7 Å². The van der Waals surface area contributed by atoms with Gasteiger partial charge in [-0.15, -0.1) is 0 Å². The fourth-order valence-corrected chi connectivity index (χ4v) is 4.45. The van der Waals surface area contributed by atoms with Crippen LogP contribution in [0.4, 0.5) is 9.18 Å². The van der Waals surface area contributed by atoms with Gasteiger partial charge in [0, 0.05) is 0 Å². The van der Waals surface area contributed by atoms with E-state index in [1.165, 1.54) is 4.90 Å². The van der Waals surface area contributed by atoms with E-state index in [2.05, 4.69) is 5.32 Å². The van der Waals surface area contributed by atoms with Crippen LogP contribution >= 0.6 is 23.2 Å². The molecular weight excluding hydrogens is 470 g/mol. The summed E-state index contributed by atoms with van der Waals surface area (Å²) in [6, 6.07) is 14.2. The molecule has 1 aliphatic rings. The number of carbonyl (C=O) groups is 2. The number of alkyl halides is 3. The molecule has 178 valence electrons. The SMILES string of the molecule is CC(C)(NC(=O)O)c1ccc(-c2ccc([C@H]3OC(C)(C)N(C(=O)C(Cl)Cl)[C@@H]3CF)cc2)cc1. The van der Waals surface area contributed by atoms with Gasteiger partial charge in [0.25, 0.3) is 5.91 Å². The highest BCUT2D eigenvalue weighted by molar-refractivity contribution is 6.53. The van der Waals surface area contributed by atoms with Gasteiger partial charge in [0.15, 0.2) is 4.84 Å². The number of nitrogens with one attached hydrogen (secondary N) is 1. The number of hydrogen-bond donors (Lipinski definition) is 2. The summed E-state index contributed by atoms with van der Waals surface area (Å²) < 4.78 is 20.1. The molecule has 6 nitrogen and oxygen atoms in total. The molecule has 3 rings (SSSR count). The summed E-state index contributed by atoms with van der Waals surface area (Å²) in [7, 11) is 0. The standard InChI is InChI=1S/C24H27Cl2FN2O4/c1-23(2,28-22(31)32)17-11-9-15(10-12-17)14-5-7-16(8-6-14)19-18(13-27)29(21(30)20(25)26)24(3,4)33-19/h5-12,18-20,28H,13H2,1-4H3,(H,31,32)/t18-,19-/m1/s1. The third kappa shape index (κ3) is 5.26. The van der Waals surface area contributed by atoms with Crippen molar-refractivity contribution in [2.45, 2.75) is 55.9 Å². The van der Waals surface area contributed by atoms with E-state index in [9.17, 15) is 14.0 Å². The van der Waals surface area contributed by atoms with Crippen molar-refractivity contribution in [1.82, 2.24) is 10.2 Å². The fourth-order valence-electron chi connectivity index (χ4n) is 4.24. The van der Waals surface area contributed by atoms with Crippen molar-refractivity contribution in [2.75, 3.05) is 6.67 Å². The first kappa shape index (κ1) is 25.3. The molecule has 0 unspecified atom stereocenters. The number of carbonyl (C=O) groups excluding carboxylic acids is 1. The van der Waals surface area contributed by atoms with Crippen LogP contribution in [0, 0.1) is 0 Å². The van der Waals surface area contributed by atoms with E-state index in [0.29, 0.717) is 0 Å². The smallest absolute Gasteiger partial charge is 0.405 e. The number of nitrogens with zero attached hydrogens (tertiary/aromatic N) is 1. The number of rotatable bonds is 6. The summed E-state index contributed by atoms with van der Waals surface area (Å²) in [4.78, 5) is 23.5. The molecule has 0 spiro atoms. The minimum absolute atomic E-state index is 0.592. The number of amides is 2. The Morgan fingerprint density at radius 2 is 1.64 bits per heavy atom. The zero-order valence-electron chi connectivity index (χ0n) is 18.8. The average molecular weight is 497 g/mol. The van der Waals surface area contributed by atoms with Gasteiger partial charge >= 0.3 is 6.09 Å². The van der Waals surface area contributed by atoms with Crippen LogP contribution in [0.25, 0.3) is 11.1 Å². The summed E-state index contributed by atoms with van der Waals surface area (Å²) in [5.74, 6) is -0.592. The molecule has 2 aromatic carbocycles. The lowest BCUT2D eigenvalue weighted by Gasteiger charge is -2.33. The lowest BCUT2D eigenvalue weighted by Crippen LogP contribution is -2.50. The third-order valence-corrected chi connectivity index (χ3v) is 6.23. The van der Waals surface area contributed by atoms with Gasteiger partial charge in [-0.2, -0.15) is 0 Å². The Morgan fingerprint density at radius 1 is 1.12 bits per heavy atom. The molecule has 0 aromatic heterocycles.